The summed E-state index contributed by atoms with van der Waals surface area (Å²) in [5.41, 5.74) is 0.953. The summed E-state index contributed by atoms with van der Waals surface area (Å²) in [6.07, 6.45) is 0.363. The zero-order valence-corrected chi connectivity index (χ0v) is 21.9. The number of benzene rings is 3. The molecular weight excluding hydrogens is 570 g/mol. The van der Waals surface area contributed by atoms with Crippen LogP contribution in [0.4, 0.5) is 10.1 Å². The average Bonchev–Trinajstić information content (AvgIpc) is 2.78. The van der Waals surface area contributed by atoms with Crippen LogP contribution in [0.5, 0.6) is 11.5 Å². The predicted octanol–water partition coefficient (Wildman–Crippen LogP) is 6.20. The lowest BCUT2D eigenvalue weighted by atomic mass is 10.0. The van der Waals surface area contributed by atoms with Gasteiger partial charge in [0.15, 0.2) is 11.6 Å². The Hall–Kier alpha value is -2.01. The molecule has 0 aliphatic carbocycles. The summed E-state index contributed by atoms with van der Waals surface area (Å²) >= 11 is 13.6. The van der Waals surface area contributed by atoms with Crippen LogP contribution in [0, 0.1) is 5.82 Å². The highest BCUT2D eigenvalue weighted by atomic mass is 79.9. The van der Waals surface area contributed by atoms with E-state index < -0.39 is 17.2 Å². The fraction of sp³-hybridized carbons (Fsp3) is 0.174. The molecule has 0 amide bonds. The molecule has 0 heterocycles. The number of halogens is 4. The van der Waals surface area contributed by atoms with Crippen LogP contribution in [0.1, 0.15) is 17.3 Å². The number of nitrogens with one attached hydrogen (secondary N) is 2. The monoisotopic (exact) mass is 588 g/mol. The topological polar surface area (TPSA) is 93.6 Å². The Balaban J connectivity index is 2.02. The molecule has 0 bridgehead atoms. The third kappa shape index (κ3) is 6.16. The number of anilines is 1. The maximum absolute atomic E-state index is 14.8. The first-order valence-electron chi connectivity index (χ1n) is 9.91. The Morgan fingerprint density at radius 1 is 1.24 bits per heavy atom. The summed E-state index contributed by atoms with van der Waals surface area (Å²) in [6.45, 7) is 2.47. The van der Waals surface area contributed by atoms with Crippen molar-refractivity contribution < 1.29 is 23.6 Å². The highest BCUT2D eigenvalue weighted by molar-refractivity contribution is 9.10. The molecule has 3 aromatic rings. The van der Waals surface area contributed by atoms with Crippen molar-refractivity contribution in [2.45, 2.75) is 17.9 Å². The Morgan fingerprint density at radius 3 is 2.65 bits per heavy atom. The Labute approximate surface area is 217 Å². The first-order chi connectivity index (χ1) is 16.1. The lowest BCUT2D eigenvalue weighted by molar-refractivity contribution is 0.112. The van der Waals surface area contributed by atoms with Gasteiger partial charge in [0.2, 0.25) is 4.90 Å². The summed E-state index contributed by atoms with van der Waals surface area (Å²) < 4.78 is 36.4. The van der Waals surface area contributed by atoms with Crippen LogP contribution < -0.4 is 14.8 Å². The van der Waals surface area contributed by atoms with Gasteiger partial charge in [0.05, 0.1) is 9.50 Å². The summed E-state index contributed by atoms with van der Waals surface area (Å²) in [7, 11) is 1.80. The quantitative estimate of drug-likeness (QED) is 0.203. The molecule has 3 aromatic carbocycles. The first kappa shape index (κ1) is 26.6. The standard InChI is InChI=1S/C23H20BrCl2FN2O4S/c1-12(10-28-2)33-21-4-3-14(25)7-16(21)15-8-20(19(27)9-18(15)26)29-34(32)22-6-13(11-30)5-17(24)23(22)31/h3-9,11-12,28-29,31H,10H2,1-2H3. The molecule has 0 radical (unpaired) electrons. The van der Waals surface area contributed by atoms with Gasteiger partial charge >= 0.3 is 0 Å². The predicted molar refractivity (Wildman–Crippen MR) is 137 cm³/mol. The molecule has 2 unspecified atom stereocenters. The second-order valence-electron chi connectivity index (χ2n) is 7.28. The molecule has 0 aliphatic heterocycles. The molecule has 0 aromatic heterocycles. The number of phenolic OH excluding ortho intramolecular Hbond substituents is 1. The van der Waals surface area contributed by atoms with Gasteiger partial charge in [-0.1, -0.05) is 23.2 Å². The van der Waals surface area contributed by atoms with E-state index in [1.807, 2.05) is 6.92 Å². The first-order valence-corrected chi connectivity index (χ1v) is 12.6. The maximum atomic E-state index is 14.8. The highest BCUT2D eigenvalue weighted by Crippen LogP contribution is 2.40. The number of rotatable bonds is 9. The SMILES string of the molecule is CNCC(C)Oc1ccc(Cl)cc1-c1cc(N[S+]([O-])c2cc(C=O)cc(Br)c2O)c(F)cc1Cl. The molecule has 0 spiro atoms. The van der Waals surface area contributed by atoms with E-state index in [0.29, 0.717) is 34.7 Å². The molecule has 6 nitrogen and oxygen atoms in total. The van der Waals surface area contributed by atoms with E-state index in [1.165, 1.54) is 18.2 Å². The van der Waals surface area contributed by atoms with Gasteiger partial charge in [0.1, 0.15) is 35.2 Å². The normalized spacial score (nSPS) is 12.8. The van der Waals surface area contributed by atoms with E-state index in [0.717, 1.165) is 6.07 Å². The molecule has 3 rings (SSSR count). The molecular formula is C23H20BrCl2FN2O4S. The third-order valence-electron chi connectivity index (χ3n) is 4.70. The Bertz CT molecular complexity index is 1220. The number of carbonyl (C=O) groups is 1. The van der Waals surface area contributed by atoms with Crippen LogP contribution in [0.2, 0.25) is 10.0 Å². The van der Waals surface area contributed by atoms with Gasteiger partial charge in [0.25, 0.3) is 0 Å². The van der Waals surface area contributed by atoms with Crippen molar-refractivity contribution in [3.05, 3.63) is 68.4 Å². The van der Waals surface area contributed by atoms with Crippen LogP contribution in [-0.4, -0.2) is 35.6 Å². The van der Waals surface area contributed by atoms with Gasteiger partial charge in [-0.05, 0) is 66.3 Å². The maximum Gasteiger partial charge on any atom is 0.223 e. The second-order valence-corrected chi connectivity index (χ2v) is 10.2. The van der Waals surface area contributed by atoms with Gasteiger partial charge in [-0.15, -0.1) is 0 Å². The Morgan fingerprint density at radius 2 is 1.97 bits per heavy atom. The minimum Gasteiger partial charge on any atom is -0.588 e. The second kappa shape index (κ2) is 11.6. The van der Waals surface area contributed by atoms with Gasteiger partial charge < -0.3 is 19.7 Å². The molecule has 3 N–H and O–H groups in total. The summed E-state index contributed by atoms with van der Waals surface area (Å²) in [4.78, 5) is 11.1. The van der Waals surface area contributed by atoms with Crippen molar-refractivity contribution in [2.24, 2.45) is 0 Å². The van der Waals surface area contributed by atoms with Gasteiger partial charge in [-0.25, -0.2) is 9.11 Å². The van der Waals surface area contributed by atoms with E-state index >= 15 is 0 Å². The van der Waals surface area contributed by atoms with Crippen molar-refractivity contribution in [1.29, 1.82) is 0 Å². The summed E-state index contributed by atoms with van der Waals surface area (Å²) in [5.74, 6) is -0.622. The van der Waals surface area contributed by atoms with Crippen LogP contribution >= 0.6 is 39.1 Å². The molecule has 0 saturated heterocycles. The third-order valence-corrected chi connectivity index (χ3v) is 6.97. The number of carbonyl (C=O) groups excluding carboxylic acids is 1. The molecule has 180 valence electrons. The van der Waals surface area contributed by atoms with Crippen molar-refractivity contribution in [1.82, 2.24) is 5.32 Å². The molecule has 0 aliphatic rings. The fourth-order valence-corrected chi connectivity index (χ4v) is 5.18. The van der Waals surface area contributed by atoms with Crippen LogP contribution in [0.25, 0.3) is 11.1 Å². The Kier molecular flexibility index (Phi) is 9.08. The minimum absolute atomic E-state index is 0.0933. The van der Waals surface area contributed by atoms with E-state index in [9.17, 15) is 18.8 Å². The van der Waals surface area contributed by atoms with Gasteiger partial charge in [-0.2, -0.15) is 0 Å². The molecule has 11 heteroatoms. The summed E-state index contributed by atoms with van der Waals surface area (Å²) in [6, 6.07) is 10.1. The molecule has 0 fully saturated rings. The van der Waals surface area contributed by atoms with Crippen molar-refractivity contribution in [3.8, 4) is 22.6 Å². The van der Waals surface area contributed by atoms with Crippen LogP contribution in [-0.2, 0) is 11.4 Å². The van der Waals surface area contributed by atoms with Crippen LogP contribution in [0.3, 0.4) is 0 Å². The summed E-state index contributed by atoms with van der Waals surface area (Å²) in [5, 5.41) is 13.8. The molecule has 2 atom stereocenters. The molecule has 0 saturated carbocycles. The van der Waals surface area contributed by atoms with E-state index in [2.05, 4.69) is 26.0 Å². The number of likely N-dealkylation sites (N-methyl/N-ethyl adjacent to an activating group) is 1. The fourth-order valence-electron chi connectivity index (χ4n) is 3.15. The van der Waals surface area contributed by atoms with Crippen molar-refractivity contribution in [2.75, 3.05) is 18.3 Å². The number of hydrogen-bond donors (Lipinski definition) is 3. The van der Waals surface area contributed by atoms with Gasteiger partial charge in [-0.3, -0.25) is 4.79 Å². The largest absolute Gasteiger partial charge is 0.588 e. The minimum atomic E-state index is -2.11. The molecule has 34 heavy (non-hydrogen) atoms. The number of ether oxygens (including phenoxy) is 1. The zero-order valence-electron chi connectivity index (χ0n) is 18.0. The van der Waals surface area contributed by atoms with Gasteiger partial charge in [0, 0.05) is 34.3 Å². The lowest BCUT2D eigenvalue weighted by Gasteiger charge is -2.19. The zero-order chi connectivity index (χ0) is 25.0. The smallest absolute Gasteiger partial charge is 0.223 e. The van der Waals surface area contributed by atoms with E-state index in [-0.39, 0.29) is 37.5 Å². The average molecular weight is 590 g/mol. The number of aromatic hydroxyl groups is 1. The number of aldehydes is 1. The van der Waals surface area contributed by atoms with E-state index in [1.54, 1.807) is 25.2 Å². The number of hydrogen-bond acceptors (Lipinski definition) is 6. The van der Waals surface area contributed by atoms with Crippen molar-refractivity contribution in [3.63, 3.8) is 0 Å². The van der Waals surface area contributed by atoms with E-state index in [4.69, 9.17) is 27.9 Å². The van der Waals surface area contributed by atoms with Crippen LogP contribution in [0.15, 0.2) is 51.8 Å². The lowest BCUT2D eigenvalue weighted by Crippen LogP contribution is -2.26. The highest BCUT2D eigenvalue weighted by Gasteiger charge is 2.24. The number of phenols is 1. The van der Waals surface area contributed by atoms with Crippen molar-refractivity contribution >= 4 is 62.5 Å².